The van der Waals surface area contributed by atoms with Gasteiger partial charge in [-0.2, -0.15) is 0 Å². The van der Waals surface area contributed by atoms with Gasteiger partial charge in [0.05, 0.1) is 11.8 Å². The third-order valence-electron chi connectivity index (χ3n) is 3.20. The molecule has 1 aromatic carbocycles. The van der Waals surface area contributed by atoms with Crippen molar-refractivity contribution in [1.29, 1.82) is 0 Å². The molecule has 1 heterocycles. The van der Waals surface area contributed by atoms with Gasteiger partial charge in [0.1, 0.15) is 0 Å². The molecule has 0 radical (unpaired) electrons. The van der Waals surface area contributed by atoms with Gasteiger partial charge in [0, 0.05) is 18.9 Å². The van der Waals surface area contributed by atoms with E-state index in [4.69, 9.17) is 0 Å². The first-order valence-corrected chi connectivity index (χ1v) is 8.37. The zero-order valence-corrected chi connectivity index (χ0v) is 12.7. The second-order valence-corrected chi connectivity index (χ2v) is 6.65. The van der Waals surface area contributed by atoms with Crippen LogP contribution in [0, 0.1) is 0 Å². The van der Waals surface area contributed by atoms with Gasteiger partial charge < -0.3 is 5.32 Å². The molecule has 0 aliphatic rings. The Kier molecular flexibility index (Phi) is 5.44. The van der Waals surface area contributed by atoms with Gasteiger partial charge in [-0.3, -0.25) is 4.98 Å². The first-order valence-electron chi connectivity index (χ1n) is 6.72. The largest absolute Gasteiger partial charge is 0.305 e. The number of aromatic nitrogens is 1. The van der Waals surface area contributed by atoms with E-state index in [0.717, 1.165) is 11.1 Å². The van der Waals surface area contributed by atoms with Crippen LogP contribution in [0.25, 0.3) is 0 Å². The number of rotatable bonds is 7. The average molecular weight is 305 g/mol. The zero-order valence-electron chi connectivity index (χ0n) is 11.9. The fourth-order valence-corrected chi connectivity index (χ4v) is 2.66. The predicted octanol–water partition coefficient (Wildman–Crippen LogP) is 1.31. The Morgan fingerprint density at radius 3 is 2.29 bits per heavy atom. The van der Waals surface area contributed by atoms with Gasteiger partial charge in [-0.05, 0) is 30.3 Å². The summed E-state index contributed by atoms with van der Waals surface area (Å²) in [7, 11) is -1.78. The topological polar surface area (TPSA) is 71.1 Å². The van der Waals surface area contributed by atoms with E-state index >= 15 is 0 Å². The van der Waals surface area contributed by atoms with Gasteiger partial charge >= 0.3 is 0 Å². The van der Waals surface area contributed by atoms with E-state index in [2.05, 4.69) is 15.0 Å². The summed E-state index contributed by atoms with van der Waals surface area (Å²) in [5.41, 5.74) is 2.14. The van der Waals surface area contributed by atoms with Gasteiger partial charge in [-0.25, -0.2) is 13.1 Å². The van der Waals surface area contributed by atoms with Gasteiger partial charge in [0.25, 0.3) is 0 Å². The van der Waals surface area contributed by atoms with Crippen molar-refractivity contribution >= 4 is 10.0 Å². The molecule has 1 unspecified atom stereocenters. The molecule has 21 heavy (non-hydrogen) atoms. The molecule has 1 atom stereocenters. The number of hydrogen-bond acceptors (Lipinski definition) is 4. The lowest BCUT2D eigenvalue weighted by Gasteiger charge is -2.19. The quantitative estimate of drug-likeness (QED) is 0.809. The van der Waals surface area contributed by atoms with E-state index in [0.29, 0.717) is 6.54 Å². The van der Waals surface area contributed by atoms with E-state index in [1.165, 1.54) is 7.05 Å². The highest BCUT2D eigenvalue weighted by Crippen LogP contribution is 2.20. The van der Waals surface area contributed by atoms with Crippen molar-refractivity contribution in [2.24, 2.45) is 0 Å². The van der Waals surface area contributed by atoms with Crippen LogP contribution < -0.4 is 10.0 Å². The van der Waals surface area contributed by atoms with Crippen LogP contribution >= 0.6 is 0 Å². The minimum absolute atomic E-state index is 0.0396. The highest BCUT2D eigenvalue weighted by atomic mass is 32.2. The lowest BCUT2D eigenvalue weighted by molar-refractivity contribution is 0.575. The van der Waals surface area contributed by atoms with Crippen molar-refractivity contribution < 1.29 is 8.42 Å². The van der Waals surface area contributed by atoms with Crippen molar-refractivity contribution in [2.75, 3.05) is 19.3 Å². The van der Waals surface area contributed by atoms with Crippen LogP contribution in [0.15, 0.2) is 54.9 Å². The predicted molar refractivity (Wildman–Crippen MR) is 83.4 cm³/mol. The fraction of sp³-hybridized carbons (Fsp3) is 0.267. The number of hydrogen-bond donors (Lipinski definition) is 2. The Hall–Kier alpha value is -1.76. The highest BCUT2D eigenvalue weighted by Gasteiger charge is 2.14. The maximum Gasteiger partial charge on any atom is 0.212 e. The Morgan fingerprint density at radius 1 is 1.05 bits per heavy atom. The molecule has 112 valence electrons. The van der Waals surface area contributed by atoms with Crippen LogP contribution in [0.4, 0.5) is 0 Å². The molecule has 0 saturated carbocycles. The van der Waals surface area contributed by atoms with Gasteiger partial charge in [-0.15, -0.1) is 0 Å². The van der Waals surface area contributed by atoms with Gasteiger partial charge in [0.2, 0.25) is 10.0 Å². The Morgan fingerprint density at radius 2 is 1.67 bits per heavy atom. The molecule has 0 saturated heterocycles. The summed E-state index contributed by atoms with van der Waals surface area (Å²) >= 11 is 0. The summed E-state index contributed by atoms with van der Waals surface area (Å²) in [4.78, 5) is 4.02. The van der Waals surface area contributed by atoms with E-state index in [1.54, 1.807) is 12.4 Å². The van der Waals surface area contributed by atoms with Crippen molar-refractivity contribution in [1.82, 2.24) is 15.0 Å². The van der Waals surface area contributed by atoms with Gasteiger partial charge in [0.15, 0.2) is 0 Å². The number of pyridine rings is 1. The van der Waals surface area contributed by atoms with Crippen molar-refractivity contribution in [3.05, 3.63) is 66.0 Å². The SMILES string of the molecule is CNS(=O)(=O)CCNC(c1ccccc1)c1ccncc1. The standard InChI is InChI=1S/C15H19N3O2S/c1-16-21(19,20)12-11-18-15(13-5-3-2-4-6-13)14-7-9-17-10-8-14/h2-10,15-16,18H,11-12H2,1H3. The van der Waals surface area contributed by atoms with Crippen molar-refractivity contribution in [3.63, 3.8) is 0 Å². The van der Waals surface area contributed by atoms with Crippen LogP contribution in [0.3, 0.4) is 0 Å². The second-order valence-electron chi connectivity index (χ2n) is 4.60. The molecule has 1 aromatic heterocycles. The third-order valence-corrected chi connectivity index (χ3v) is 4.57. The first kappa shape index (κ1) is 15.6. The van der Waals surface area contributed by atoms with E-state index in [1.807, 2.05) is 42.5 Å². The summed E-state index contributed by atoms with van der Waals surface area (Å²) in [6.07, 6.45) is 3.47. The molecule has 2 N–H and O–H groups in total. The molecule has 0 aliphatic carbocycles. The molecular formula is C15H19N3O2S. The van der Waals surface area contributed by atoms with Crippen LogP contribution in [0.5, 0.6) is 0 Å². The second kappa shape index (κ2) is 7.31. The maximum absolute atomic E-state index is 11.5. The van der Waals surface area contributed by atoms with E-state index < -0.39 is 10.0 Å². The van der Waals surface area contributed by atoms with Crippen molar-refractivity contribution in [3.8, 4) is 0 Å². The molecule has 2 aromatic rings. The van der Waals surface area contributed by atoms with Crippen LogP contribution in [0.1, 0.15) is 17.2 Å². The smallest absolute Gasteiger partial charge is 0.212 e. The molecule has 0 bridgehead atoms. The minimum atomic E-state index is -3.20. The Balaban J connectivity index is 2.14. The first-order chi connectivity index (χ1) is 10.1. The molecule has 6 heteroatoms. The molecular weight excluding hydrogens is 286 g/mol. The van der Waals surface area contributed by atoms with Crippen LogP contribution in [0.2, 0.25) is 0 Å². The van der Waals surface area contributed by atoms with E-state index in [9.17, 15) is 8.42 Å². The minimum Gasteiger partial charge on any atom is -0.305 e. The number of nitrogens with one attached hydrogen (secondary N) is 2. The summed E-state index contributed by atoms with van der Waals surface area (Å²) in [6.45, 7) is 0.366. The maximum atomic E-state index is 11.5. The summed E-state index contributed by atoms with van der Waals surface area (Å²) in [5.74, 6) is 0.0396. The molecule has 5 nitrogen and oxygen atoms in total. The fourth-order valence-electron chi connectivity index (χ4n) is 2.07. The molecule has 0 spiro atoms. The van der Waals surface area contributed by atoms with Crippen LogP contribution in [-0.4, -0.2) is 32.7 Å². The van der Waals surface area contributed by atoms with E-state index in [-0.39, 0.29) is 11.8 Å². The van der Waals surface area contributed by atoms with Crippen LogP contribution in [-0.2, 0) is 10.0 Å². The molecule has 0 fully saturated rings. The number of sulfonamides is 1. The lowest BCUT2D eigenvalue weighted by Crippen LogP contribution is -2.32. The normalized spacial score (nSPS) is 13.0. The van der Waals surface area contributed by atoms with Crippen molar-refractivity contribution in [2.45, 2.75) is 6.04 Å². The number of nitrogens with zero attached hydrogens (tertiary/aromatic N) is 1. The highest BCUT2D eigenvalue weighted by molar-refractivity contribution is 7.89. The zero-order chi connectivity index (χ0) is 15.1. The number of benzene rings is 1. The Labute approximate surface area is 125 Å². The summed E-state index contributed by atoms with van der Waals surface area (Å²) in [5, 5.41) is 3.30. The lowest BCUT2D eigenvalue weighted by atomic mass is 10.00. The average Bonchev–Trinajstić information content (AvgIpc) is 2.53. The molecule has 0 aliphatic heterocycles. The molecule has 2 rings (SSSR count). The third kappa shape index (κ3) is 4.63. The Bertz CT molecular complexity index is 606. The summed E-state index contributed by atoms with van der Waals surface area (Å²) < 4.78 is 25.3. The van der Waals surface area contributed by atoms with Gasteiger partial charge in [-0.1, -0.05) is 30.3 Å². The molecule has 0 amide bonds. The summed E-state index contributed by atoms with van der Waals surface area (Å²) in [6, 6.07) is 13.7. The monoisotopic (exact) mass is 305 g/mol.